The van der Waals surface area contributed by atoms with Crippen molar-refractivity contribution in [2.75, 3.05) is 13.1 Å². The molecule has 0 aromatic carbocycles. The average molecular weight is 157 g/mol. The Morgan fingerprint density at radius 2 is 1.70 bits per heavy atom. The first-order valence-electron chi connectivity index (χ1n) is 4.07. The van der Waals surface area contributed by atoms with Crippen LogP contribution in [-0.2, 0) is 0 Å². The standard InChI is InChI=1S/C8H19NSi/c1-6-9(7-2)8(3)10(4)5/h10H,3,6-7H2,1-2,4-5H3. The molecule has 0 aromatic heterocycles. The van der Waals surface area contributed by atoms with Gasteiger partial charge in [-0.3, -0.25) is 0 Å². The normalized spacial score (nSPS) is 10.1. The summed E-state index contributed by atoms with van der Waals surface area (Å²) in [4.78, 5) is 2.36. The fourth-order valence-electron chi connectivity index (χ4n) is 0.995. The smallest absolute Gasteiger partial charge is 0.0843 e. The van der Waals surface area contributed by atoms with Gasteiger partial charge in [-0.25, -0.2) is 0 Å². The predicted molar refractivity (Wildman–Crippen MR) is 50.9 cm³/mol. The Morgan fingerprint density at radius 3 is 1.80 bits per heavy atom. The van der Waals surface area contributed by atoms with Crippen molar-refractivity contribution in [1.82, 2.24) is 4.90 Å². The molecule has 0 saturated carbocycles. The van der Waals surface area contributed by atoms with E-state index in [2.05, 4.69) is 38.4 Å². The van der Waals surface area contributed by atoms with Gasteiger partial charge in [0.1, 0.15) is 0 Å². The molecule has 0 amide bonds. The number of rotatable bonds is 4. The second kappa shape index (κ2) is 4.55. The molecular formula is C8H19NSi. The van der Waals surface area contributed by atoms with Gasteiger partial charge in [-0.05, 0) is 19.2 Å². The fraction of sp³-hybridized carbons (Fsp3) is 0.750. The summed E-state index contributed by atoms with van der Waals surface area (Å²) < 4.78 is 0. The Labute approximate surface area is 66.3 Å². The van der Waals surface area contributed by atoms with Gasteiger partial charge in [0.15, 0.2) is 0 Å². The molecule has 0 unspecified atom stereocenters. The summed E-state index contributed by atoms with van der Waals surface area (Å²) in [6.45, 7) is 15.3. The summed E-state index contributed by atoms with van der Waals surface area (Å²) in [6.07, 6.45) is 0. The molecule has 10 heavy (non-hydrogen) atoms. The van der Waals surface area contributed by atoms with Crippen LogP contribution >= 0.6 is 0 Å². The first-order chi connectivity index (χ1) is 4.63. The molecule has 0 N–H and O–H groups in total. The van der Waals surface area contributed by atoms with Crippen LogP contribution < -0.4 is 0 Å². The lowest BCUT2D eigenvalue weighted by Crippen LogP contribution is -2.28. The van der Waals surface area contributed by atoms with Crippen LogP contribution in [0.1, 0.15) is 13.8 Å². The van der Waals surface area contributed by atoms with Crippen LogP contribution in [0.4, 0.5) is 0 Å². The molecule has 0 spiro atoms. The highest BCUT2D eigenvalue weighted by molar-refractivity contribution is 6.63. The van der Waals surface area contributed by atoms with Crippen LogP contribution in [-0.4, -0.2) is 26.8 Å². The predicted octanol–water partition coefficient (Wildman–Crippen LogP) is 1.87. The zero-order valence-corrected chi connectivity index (χ0v) is 8.80. The lowest BCUT2D eigenvalue weighted by Gasteiger charge is -2.25. The molecule has 0 bridgehead atoms. The van der Waals surface area contributed by atoms with Gasteiger partial charge < -0.3 is 4.90 Å². The van der Waals surface area contributed by atoms with E-state index in [0.29, 0.717) is 0 Å². The third-order valence-corrected chi connectivity index (χ3v) is 3.53. The van der Waals surface area contributed by atoms with Gasteiger partial charge in [-0.1, -0.05) is 19.7 Å². The molecule has 0 rings (SSSR count). The molecule has 0 saturated heterocycles. The van der Waals surface area contributed by atoms with E-state index in [1.54, 1.807) is 0 Å². The molecule has 0 aliphatic carbocycles. The first-order valence-corrected chi connectivity index (χ1v) is 6.95. The van der Waals surface area contributed by atoms with Gasteiger partial charge in [0.25, 0.3) is 0 Å². The van der Waals surface area contributed by atoms with E-state index >= 15 is 0 Å². The Bertz CT molecular complexity index is 106. The molecule has 0 heterocycles. The summed E-state index contributed by atoms with van der Waals surface area (Å²) >= 11 is 0. The molecule has 0 atom stereocenters. The third kappa shape index (κ3) is 2.56. The van der Waals surface area contributed by atoms with Crippen LogP contribution in [0.25, 0.3) is 0 Å². The minimum absolute atomic E-state index is 0.626. The second-order valence-electron chi connectivity index (χ2n) is 2.82. The largest absolute Gasteiger partial charge is 0.380 e. The number of hydrogen-bond acceptors (Lipinski definition) is 1. The SMILES string of the molecule is C=C(N(CC)CC)[SiH](C)C. The van der Waals surface area contributed by atoms with E-state index in [-0.39, 0.29) is 0 Å². The average Bonchev–Trinajstić information content (AvgIpc) is 1.90. The quantitative estimate of drug-likeness (QED) is 0.563. The summed E-state index contributed by atoms with van der Waals surface area (Å²) in [7, 11) is -0.626. The van der Waals surface area contributed by atoms with Crippen LogP contribution in [0.15, 0.2) is 11.9 Å². The topological polar surface area (TPSA) is 3.24 Å². The molecule has 0 aromatic rings. The number of nitrogens with zero attached hydrogens (tertiary/aromatic N) is 1. The highest BCUT2D eigenvalue weighted by Crippen LogP contribution is 2.04. The Morgan fingerprint density at radius 1 is 1.30 bits per heavy atom. The van der Waals surface area contributed by atoms with Crippen LogP contribution in [0.2, 0.25) is 13.1 Å². The number of hydrogen-bond donors (Lipinski definition) is 0. The molecule has 0 radical (unpaired) electrons. The first kappa shape index (κ1) is 9.76. The molecule has 1 nitrogen and oxygen atoms in total. The van der Waals surface area contributed by atoms with Gasteiger partial charge in [0, 0.05) is 13.1 Å². The highest BCUT2D eigenvalue weighted by Gasteiger charge is 2.06. The summed E-state index contributed by atoms with van der Waals surface area (Å²) in [5.41, 5.74) is 0. The molecular weight excluding hydrogens is 138 g/mol. The van der Waals surface area contributed by atoms with Crippen LogP contribution in [0, 0.1) is 0 Å². The Balaban J connectivity index is 3.89. The van der Waals surface area contributed by atoms with E-state index in [1.807, 2.05) is 0 Å². The van der Waals surface area contributed by atoms with E-state index in [0.717, 1.165) is 13.1 Å². The van der Waals surface area contributed by atoms with Crippen molar-refractivity contribution in [1.29, 1.82) is 0 Å². The van der Waals surface area contributed by atoms with Gasteiger partial charge in [-0.2, -0.15) is 0 Å². The van der Waals surface area contributed by atoms with Gasteiger partial charge in [-0.15, -0.1) is 0 Å². The van der Waals surface area contributed by atoms with Crippen molar-refractivity contribution in [3.8, 4) is 0 Å². The van der Waals surface area contributed by atoms with E-state index in [1.165, 1.54) is 5.32 Å². The monoisotopic (exact) mass is 157 g/mol. The van der Waals surface area contributed by atoms with Crippen molar-refractivity contribution in [3.05, 3.63) is 11.9 Å². The Kier molecular flexibility index (Phi) is 4.44. The van der Waals surface area contributed by atoms with Crippen molar-refractivity contribution in [3.63, 3.8) is 0 Å². The third-order valence-electron chi connectivity index (χ3n) is 1.84. The van der Waals surface area contributed by atoms with Gasteiger partial charge in [0.2, 0.25) is 0 Å². The van der Waals surface area contributed by atoms with E-state index in [4.69, 9.17) is 0 Å². The zero-order valence-electron chi connectivity index (χ0n) is 7.65. The minimum Gasteiger partial charge on any atom is -0.380 e. The van der Waals surface area contributed by atoms with Crippen molar-refractivity contribution in [2.45, 2.75) is 26.9 Å². The lowest BCUT2D eigenvalue weighted by atomic mass is 10.5. The zero-order chi connectivity index (χ0) is 8.15. The van der Waals surface area contributed by atoms with Gasteiger partial charge >= 0.3 is 0 Å². The summed E-state index contributed by atoms with van der Waals surface area (Å²) in [5, 5.41) is 1.39. The summed E-state index contributed by atoms with van der Waals surface area (Å²) in [5.74, 6) is 0. The molecule has 60 valence electrons. The molecule has 0 aliphatic heterocycles. The summed E-state index contributed by atoms with van der Waals surface area (Å²) in [6, 6.07) is 0. The highest BCUT2D eigenvalue weighted by atomic mass is 28.3. The van der Waals surface area contributed by atoms with Crippen molar-refractivity contribution >= 4 is 8.80 Å². The Hall–Kier alpha value is -0.243. The van der Waals surface area contributed by atoms with Crippen LogP contribution in [0.5, 0.6) is 0 Å². The maximum atomic E-state index is 4.08. The second-order valence-corrected chi connectivity index (χ2v) is 5.79. The van der Waals surface area contributed by atoms with Gasteiger partial charge in [0.05, 0.1) is 8.80 Å². The molecule has 0 fully saturated rings. The van der Waals surface area contributed by atoms with Crippen molar-refractivity contribution < 1.29 is 0 Å². The molecule has 2 heteroatoms. The maximum Gasteiger partial charge on any atom is 0.0843 e. The molecule has 0 aliphatic rings. The maximum absolute atomic E-state index is 4.08. The lowest BCUT2D eigenvalue weighted by molar-refractivity contribution is 0.405. The van der Waals surface area contributed by atoms with Crippen LogP contribution in [0.3, 0.4) is 0 Å². The van der Waals surface area contributed by atoms with E-state index < -0.39 is 8.80 Å². The minimum atomic E-state index is -0.626. The fourth-order valence-corrected chi connectivity index (χ4v) is 2.09. The van der Waals surface area contributed by atoms with E-state index in [9.17, 15) is 0 Å². The van der Waals surface area contributed by atoms with Crippen molar-refractivity contribution in [2.24, 2.45) is 0 Å².